The van der Waals surface area contributed by atoms with E-state index < -0.39 is 0 Å². The van der Waals surface area contributed by atoms with Gasteiger partial charge in [0, 0.05) is 53.3 Å². The molecule has 0 atom stereocenters. The molecule has 0 aliphatic rings. The molecule has 54 heavy (non-hydrogen) atoms. The lowest BCUT2D eigenvalue weighted by atomic mass is 10.0. The largest absolute Gasteiger partial charge is 0.309 e. The maximum Gasteiger partial charge on any atom is 0.164 e. The van der Waals surface area contributed by atoms with Crippen LogP contribution in [0, 0.1) is 0 Å². The molecule has 8 aromatic carbocycles. The van der Waals surface area contributed by atoms with Crippen molar-refractivity contribution in [1.82, 2.24) is 19.5 Å². The van der Waals surface area contributed by atoms with E-state index in [-0.39, 0.29) is 0 Å². The Morgan fingerprint density at radius 3 is 1.54 bits per heavy atom. The zero-order valence-electron chi connectivity index (χ0n) is 29.0. The van der Waals surface area contributed by atoms with Crippen LogP contribution >= 0.6 is 11.3 Å². The highest BCUT2D eigenvalue weighted by atomic mass is 32.1. The number of hydrogen-bond acceptors (Lipinski definition) is 4. The molecule has 3 aromatic heterocycles. The normalized spacial score (nSPS) is 11.7. The van der Waals surface area contributed by atoms with E-state index in [1.165, 1.54) is 47.5 Å². The summed E-state index contributed by atoms with van der Waals surface area (Å²) in [6, 6.07) is 64.6. The summed E-state index contributed by atoms with van der Waals surface area (Å²) in [5.41, 5.74) is 8.65. The Morgan fingerprint density at radius 2 is 0.852 bits per heavy atom. The number of fused-ring (bicyclic) bond motifs is 7. The first-order valence-electron chi connectivity index (χ1n) is 18.1. The molecule has 0 spiro atoms. The van der Waals surface area contributed by atoms with Crippen molar-refractivity contribution in [3.8, 4) is 51.0 Å². The summed E-state index contributed by atoms with van der Waals surface area (Å²) in [6.07, 6.45) is 0. The zero-order chi connectivity index (χ0) is 35.6. The van der Waals surface area contributed by atoms with Gasteiger partial charge in [-0.1, -0.05) is 121 Å². The van der Waals surface area contributed by atoms with E-state index in [4.69, 9.17) is 15.0 Å². The van der Waals surface area contributed by atoms with Gasteiger partial charge in [-0.05, 0) is 82.6 Å². The molecule has 0 saturated carbocycles. The summed E-state index contributed by atoms with van der Waals surface area (Å²) >= 11 is 1.86. The van der Waals surface area contributed by atoms with E-state index in [1.54, 1.807) is 0 Å². The number of rotatable bonds is 5. The number of aromatic nitrogens is 4. The standard InChI is InChI=1S/C49H30N4S/c1-4-12-31(13-5-1)32-20-23-38(24-21-32)53-43-25-22-35(49-51-47(33-14-6-2-7-15-33)50-48(52-49)34-16-8-3-9-17-34)26-40(43)41-27-37-30-46-42(28-36(37)29-44(41)53)39-18-10-11-19-45(39)54-46/h1-30H. The second-order valence-electron chi connectivity index (χ2n) is 13.7. The fourth-order valence-corrected chi connectivity index (χ4v) is 8.91. The van der Waals surface area contributed by atoms with Gasteiger partial charge in [0.15, 0.2) is 17.5 Å². The lowest BCUT2D eigenvalue weighted by Crippen LogP contribution is -2.00. The van der Waals surface area contributed by atoms with Crippen molar-refractivity contribution in [3.63, 3.8) is 0 Å². The molecular formula is C49H30N4S. The van der Waals surface area contributed by atoms with Crippen LogP contribution in [0.1, 0.15) is 0 Å². The van der Waals surface area contributed by atoms with Crippen molar-refractivity contribution in [1.29, 1.82) is 0 Å². The average molecular weight is 707 g/mol. The molecule has 4 nitrogen and oxygen atoms in total. The molecule has 0 bridgehead atoms. The van der Waals surface area contributed by atoms with E-state index in [0.29, 0.717) is 17.5 Å². The highest BCUT2D eigenvalue weighted by Crippen LogP contribution is 2.41. The maximum atomic E-state index is 5.07. The van der Waals surface area contributed by atoms with Gasteiger partial charge < -0.3 is 4.57 Å². The van der Waals surface area contributed by atoms with Gasteiger partial charge in [0.1, 0.15) is 0 Å². The molecule has 5 heteroatoms. The minimum Gasteiger partial charge on any atom is -0.309 e. The first-order valence-corrected chi connectivity index (χ1v) is 18.9. The molecule has 0 saturated heterocycles. The Balaban J connectivity index is 1.15. The third-order valence-corrected chi connectivity index (χ3v) is 11.5. The molecule has 0 fully saturated rings. The number of nitrogens with zero attached hydrogens (tertiary/aromatic N) is 4. The first kappa shape index (κ1) is 30.7. The Labute approximate surface area is 315 Å². The van der Waals surface area contributed by atoms with Crippen LogP contribution in [-0.4, -0.2) is 19.5 Å². The second kappa shape index (κ2) is 12.3. The van der Waals surface area contributed by atoms with Gasteiger partial charge in [-0.3, -0.25) is 0 Å². The van der Waals surface area contributed by atoms with Crippen molar-refractivity contribution in [2.24, 2.45) is 0 Å². The minimum atomic E-state index is 0.644. The predicted octanol–water partition coefficient (Wildman–Crippen LogP) is 13.2. The minimum absolute atomic E-state index is 0.644. The molecule has 0 aliphatic heterocycles. The average Bonchev–Trinajstić information content (AvgIpc) is 3.76. The molecule has 0 radical (unpaired) electrons. The van der Waals surface area contributed by atoms with Crippen LogP contribution in [0.25, 0.3) is 104 Å². The third kappa shape index (κ3) is 5.09. The number of hydrogen-bond donors (Lipinski definition) is 0. The Bertz CT molecular complexity index is 3130. The Hall–Kier alpha value is -6.95. The van der Waals surface area contributed by atoms with Crippen LogP contribution in [0.15, 0.2) is 182 Å². The predicted molar refractivity (Wildman–Crippen MR) is 226 cm³/mol. The van der Waals surface area contributed by atoms with Crippen molar-refractivity contribution in [3.05, 3.63) is 182 Å². The quantitative estimate of drug-likeness (QED) is 0.179. The summed E-state index contributed by atoms with van der Waals surface area (Å²) in [5, 5.41) is 7.40. The van der Waals surface area contributed by atoms with Crippen LogP contribution < -0.4 is 0 Å². The zero-order valence-corrected chi connectivity index (χ0v) is 29.8. The second-order valence-corrected chi connectivity index (χ2v) is 14.8. The van der Waals surface area contributed by atoms with Crippen molar-refractivity contribution < 1.29 is 0 Å². The van der Waals surface area contributed by atoms with Gasteiger partial charge in [0.05, 0.1) is 11.0 Å². The van der Waals surface area contributed by atoms with Crippen LogP contribution in [-0.2, 0) is 0 Å². The van der Waals surface area contributed by atoms with Crippen LogP contribution in [0.3, 0.4) is 0 Å². The van der Waals surface area contributed by atoms with E-state index >= 15 is 0 Å². The number of thiophene rings is 1. The van der Waals surface area contributed by atoms with Crippen molar-refractivity contribution in [2.75, 3.05) is 0 Å². The first-order chi connectivity index (χ1) is 26.7. The molecule has 252 valence electrons. The highest BCUT2D eigenvalue weighted by Gasteiger charge is 2.18. The molecule has 11 aromatic rings. The lowest BCUT2D eigenvalue weighted by molar-refractivity contribution is 1.07. The summed E-state index contributed by atoms with van der Waals surface area (Å²) in [7, 11) is 0. The van der Waals surface area contributed by atoms with Gasteiger partial charge in [0.25, 0.3) is 0 Å². The Morgan fingerprint density at radius 1 is 0.333 bits per heavy atom. The molecule has 11 rings (SSSR count). The van der Waals surface area contributed by atoms with Crippen molar-refractivity contribution >= 4 is 64.1 Å². The highest BCUT2D eigenvalue weighted by molar-refractivity contribution is 7.25. The van der Waals surface area contributed by atoms with Crippen molar-refractivity contribution in [2.45, 2.75) is 0 Å². The maximum absolute atomic E-state index is 5.07. The van der Waals surface area contributed by atoms with E-state index in [0.717, 1.165) is 38.8 Å². The van der Waals surface area contributed by atoms with Gasteiger partial charge >= 0.3 is 0 Å². The summed E-state index contributed by atoms with van der Waals surface area (Å²) in [4.78, 5) is 15.1. The van der Waals surface area contributed by atoms with Gasteiger partial charge in [-0.15, -0.1) is 11.3 Å². The molecule has 0 unspecified atom stereocenters. The molecule has 0 N–H and O–H groups in total. The SMILES string of the molecule is c1ccc(-c2ccc(-n3c4ccc(-c5nc(-c6ccccc6)nc(-c6ccccc6)n5)cc4c4cc5cc6sc7ccccc7c6cc5cc43)cc2)cc1. The monoisotopic (exact) mass is 706 g/mol. The van der Waals surface area contributed by atoms with Crippen LogP contribution in [0.4, 0.5) is 0 Å². The topological polar surface area (TPSA) is 43.6 Å². The van der Waals surface area contributed by atoms with Gasteiger partial charge in [0.2, 0.25) is 0 Å². The summed E-state index contributed by atoms with van der Waals surface area (Å²) in [6.45, 7) is 0. The fraction of sp³-hybridized carbons (Fsp3) is 0. The Kier molecular flexibility index (Phi) is 7.00. The van der Waals surface area contributed by atoms with Gasteiger partial charge in [-0.2, -0.15) is 0 Å². The van der Waals surface area contributed by atoms with Crippen LogP contribution in [0.5, 0.6) is 0 Å². The summed E-state index contributed by atoms with van der Waals surface area (Å²) < 4.78 is 5.01. The molecule has 3 heterocycles. The lowest BCUT2D eigenvalue weighted by Gasteiger charge is -2.11. The van der Waals surface area contributed by atoms with Crippen LogP contribution in [0.2, 0.25) is 0 Å². The molecular weight excluding hydrogens is 677 g/mol. The third-order valence-electron chi connectivity index (χ3n) is 10.4. The fourth-order valence-electron chi connectivity index (χ4n) is 7.77. The van der Waals surface area contributed by atoms with E-state index in [2.05, 4.69) is 126 Å². The summed E-state index contributed by atoms with van der Waals surface area (Å²) in [5.74, 6) is 1.95. The van der Waals surface area contributed by atoms with Gasteiger partial charge in [-0.25, -0.2) is 15.0 Å². The molecule has 0 aliphatic carbocycles. The van der Waals surface area contributed by atoms with E-state index in [9.17, 15) is 0 Å². The molecule has 0 amide bonds. The van der Waals surface area contributed by atoms with E-state index in [1.807, 2.05) is 72.0 Å². The smallest absolute Gasteiger partial charge is 0.164 e. The number of benzene rings is 8.